The van der Waals surface area contributed by atoms with Gasteiger partial charge in [0.05, 0.1) is 25.7 Å². The van der Waals surface area contributed by atoms with Crippen molar-refractivity contribution < 1.29 is 19.1 Å². The molecule has 5 nitrogen and oxygen atoms in total. The molecule has 1 fully saturated rings. The first-order valence-electron chi connectivity index (χ1n) is 8.05. The quantitative estimate of drug-likeness (QED) is 0.738. The molecule has 0 atom stereocenters. The number of benzene rings is 2. The lowest BCUT2D eigenvalue weighted by Crippen LogP contribution is -2.27. The topological polar surface area (TPSA) is 55.8 Å². The van der Waals surface area contributed by atoms with Crippen LogP contribution in [0.25, 0.3) is 6.08 Å². The zero-order chi connectivity index (χ0) is 18.7. The number of nitrogens with zero attached hydrogens (tertiary/aromatic N) is 1. The van der Waals surface area contributed by atoms with E-state index in [2.05, 4.69) is 0 Å². The number of carbonyl (C=O) groups is 2. The first-order valence-corrected chi connectivity index (χ1v) is 8.87. The van der Waals surface area contributed by atoms with Crippen LogP contribution in [0.2, 0.25) is 0 Å². The molecular weight excluding hydrogens is 350 g/mol. The summed E-state index contributed by atoms with van der Waals surface area (Å²) in [4.78, 5) is 26.6. The highest BCUT2D eigenvalue weighted by Gasteiger charge is 2.35. The van der Waals surface area contributed by atoms with E-state index in [1.54, 1.807) is 26.4 Å². The van der Waals surface area contributed by atoms with E-state index in [9.17, 15) is 9.59 Å². The number of carbonyl (C=O) groups excluding carboxylic acids is 2. The molecule has 0 aliphatic carbocycles. The van der Waals surface area contributed by atoms with Gasteiger partial charge in [-0.25, -0.2) is 0 Å². The number of aryl methyl sites for hydroxylation is 1. The molecular formula is C20H19NO4S. The van der Waals surface area contributed by atoms with Gasteiger partial charge in [-0.05, 0) is 36.4 Å². The molecule has 0 aromatic heterocycles. The fourth-order valence-corrected chi connectivity index (χ4v) is 3.51. The Hall–Kier alpha value is -2.73. The van der Waals surface area contributed by atoms with Gasteiger partial charge in [-0.2, -0.15) is 0 Å². The Morgan fingerprint density at radius 3 is 2.42 bits per heavy atom. The van der Waals surface area contributed by atoms with E-state index >= 15 is 0 Å². The molecule has 6 heteroatoms. The number of hydrogen-bond acceptors (Lipinski definition) is 5. The van der Waals surface area contributed by atoms with Crippen LogP contribution in [0.15, 0.2) is 47.4 Å². The minimum atomic E-state index is -0.301. The maximum atomic E-state index is 12.7. The van der Waals surface area contributed by atoms with Gasteiger partial charge in [-0.3, -0.25) is 14.5 Å². The molecule has 0 N–H and O–H groups in total. The summed E-state index contributed by atoms with van der Waals surface area (Å²) in [5, 5.41) is -0.274. The van der Waals surface area contributed by atoms with Crippen LogP contribution < -0.4 is 9.47 Å². The number of ether oxygens (including phenoxy) is 2. The number of amides is 2. The minimum absolute atomic E-state index is 0.261. The fourth-order valence-electron chi connectivity index (χ4n) is 2.68. The second kappa shape index (κ2) is 7.66. The van der Waals surface area contributed by atoms with E-state index in [1.807, 2.05) is 43.3 Å². The van der Waals surface area contributed by atoms with Gasteiger partial charge in [0.1, 0.15) is 0 Å². The predicted molar refractivity (Wildman–Crippen MR) is 102 cm³/mol. The molecule has 2 aromatic rings. The molecule has 2 aromatic carbocycles. The molecule has 134 valence electrons. The van der Waals surface area contributed by atoms with E-state index in [-0.39, 0.29) is 17.7 Å². The molecule has 1 aliphatic rings. The number of methoxy groups -OCH3 is 2. The molecule has 1 heterocycles. The van der Waals surface area contributed by atoms with Crippen LogP contribution in [0.4, 0.5) is 4.79 Å². The van der Waals surface area contributed by atoms with Crippen LogP contribution in [0.5, 0.6) is 11.5 Å². The van der Waals surface area contributed by atoms with Crippen molar-refractivity contribution in [1.29, 1.82) is 0 Å². The van der Waals surface area contributed by atoms with Crippen LogP contribution in [-0.2, 0) is 11.3 Å². The van der Waals surface area contributed by atoms with Crippen LogP contribution in [0.3, 0.4) is 0 Å². The number of hydrogen-bond donors (Lipinski definition) is 0. The summed E-state index contributed by atoms with van der Waals surface area (Å²) in [5.41, 5.74) is 2.73. The van der Waals surface area contributed by atoms with Crippen LogP contribution in [0.1, 0.15) is 16.7 Å². The lowest BCUT2D eigenvalue weighted by molar-refractivity contribution is -0.123. The molecule has 0 bridgehead atoms. The predicted octanol–water partition coefficient (Wildman–Crippen LogP) is 4.25. The SMILES string of the molecule is COc1cccc(C=C2SC(=O)N(Cc3ccc(C)cc3)C2=O)c1OC. The monoisotopic (exact) mass is 369 g/mol. The van der Waals surface area contributed by atoms with E-state index < -0.39 is 0 Å². The largest absolute Gasteiger partial charge is 0.493 e. The Bertz CT molecular complexity index is 874. The summed E-state index contributed by atoms with van der Waals surface area (Å²) in [6, 6.07) is 13.2. The smallest absolute Gasteiger partial charge is 0.293 e. The Morgan fingerprint density at radius 2 is 1.77 bits per heavy atom. The van der Waals surface area contributed by atoms with Crippen molar-refractivity contribution in [1.82, 2.24) is 4.90 Å². The van der Waals surface area contributed by atoms with Crippen molar-refractivity contribution in [2.75, 3.05) is 14.2 Å². The summed E-state index contributed by atoms with van der Waals surface area (Å²) in [7, 11) is 3.09. The minimum Gasteiger partial charge on any atom is -0.493 e. The number of thioether (sulfide) groups is 1. The van der Waals surface area contributed by atoms with E-state index in [0.29, 0.717) is 22.0 Å². The highest BCUT2D eigenvalue weighted by molar-refractivity contribution is 8.18. The molecule has 3 rings (SSSR count). The van der Waals surface area contributed by atoms with E-state index in [1.165, 1.54) is 4.90 Å². The van der Waals surface area contributed by atoms with Crippen LogP contribution >= 0.6 is 11.8 Å². The highest BCUT2D eigenvalue weighted by Crippen LogP contribution is 2.37. The van der Waals surface area contributed by atoms with Gasteiger partial charge in [-0.1, -0.05) is 42.0 Å². The fraction of sp³-hybridized carbons (Fsp3) is 0.200. The molecule has 0 saturated carbocycles. The number of rotatable bonds is 5. The van der Waals surface area contributed by atoms with Crippen molar-refractivity contribution in [3.63, 3.8) is 0 Å². The molecule has 0 radical (unpaired) electrons. The second-order valence-electron chi connectivity index (χ2n) is 5.84. The maximum absolute atomic E-state index is 12.7. The van der Waals surface area contributed by atoms with Gasteiger partial charge in [0.25, 0.3) is 11.1 Å². The normalized spacial score (nSPS) is 15.7. The van der Waals surface area contributed by atoms with Crippen molar-refractivity contribution in [2.24, 2.45) is 0 Å². The van der Waals surface area contributed by atoms with Gasteiger partial charge in [0.2, 0.25) is 0 Å². The molecule has 2 amide bonds. The van der Waals surface area contributed by atoms with Gasteiger partial charge in [0, 0.05) is 5.56 Å². The zero-order valence-corrected chi connectivity index (χ0v) is 15.6. The molecule has 26 heavy (non-hydrogen) atoms. The van der Waals surface area contributed by atoms with Crippen molar-refractivity contribution in [3.05, 3.63) is 64.1 Å². The average molecular weight is 369 g/mol. The average Bonchev–Trinajstić information content (AvgIpc) is 2.90. The molecule has 1 aliphatic heterocycles. The van der Waals surface area contributed by atoms with Crippen molar-refractivity contribution in [2.45, 2.75) is 13.5 Å². The summed E-state index contributed by atoms with van der Waals surface area (Å²) in [5.74, 6) is 0.797. The van der Waals surface area contributed by atoms with Gasteiger partial charge < -0.3 is 9.47 Å². The van der Waals surface area contributed by atoms with E-state index in [0.717, 1.165) is 22.9 Å². The molecule has 1 saturated heterocycles. The Kier molecular flexibility index (Phi) is 5.32. The Morgan fingerprint density at radius 1 is 1.04 bits per heavy atom. The lowest BCUT2D eigenvalue weighted by Gasteiger charge is -2.13. The first kappa shape index (κ1) is 18.1. The molecule has 0 spiro atoms. The number of para-hydroxylation sites is 1. The highest BCUT2D eigenvalue weighted by atomic mass is 32.2. The third kappa shape index (κ3) is 3.60. The maximum Gasteiger partial charge on any atom is 0.293 e. The third-order valence-corrected chi connectivity index (χ3v) is 4.96. The van der Waals surface area contributed by atoms with Crippen molar-refractivity contribution in [3.8, 4) is 11.5 Å². The second-order valence-corrected chi connectivity index (χ2v) is 6.83. The Balaban J connectivity index is 1.87. The van der Waals surface area contributed by atoms with Gasteiger partial charge in [-0.15, -0.1) is 0 Å². The van der Waals surface area contributed by atoms with Gasteiger partial charge in [0.15, 0.2) is 11.5 Å². The van der Waals surface area contributed by atoms with E-state index in [4.69, 9.17) is 9.47 Å². The summed E-state index contributed by atoms with van der Waals surface area (Å²) < 4.78 is 10.7. The summed E-state index contributed by atoms with van der Waals surface area (Å²) in [6.45, 7) is 2.26. The van der Waals surface area contributed by atoms with Crippen LogP contribution in [0, 0.1) is 6.92 Å². The first-order chi connectivity index (χ1) is 12.5. The third-order valence-electron chi connectivity index (χ3n) is 4.05. The van der Waals surface area contributed by atoms with Crippen molar-refractivity contribution >= 4 is 29.0 Å². The van der Waals surface area contributed by atoms with Crippen LogP contribution in [-0.4, -0.2) is 30.3 Å². The van der Waals surface area contributed by atoms with Gasteiger partial charge >= 0.3 is 0 Å². The summed E-state index contributed by atoms with van der Waals surface area (Å²) in [6.07, 6.45) is 1.67. The number of imide groups is 1. The summed E-state index contributed by atoms with van der Waals surface area (Å²) >= 11 is 0.934. The zero-order valence-electron chi connectivity index (χ0n) is 14.8. The Labute approximate surface area is 156 Å². The molecule has 0 unspecified atom stereocenters. The lowest BCUT2D eigenvalue weighted by atomic mass is 10.1. The standard InChI is InChI=1S/C20H19NO4S/c1-13-7-9-14(10-8-13)12-21-19(22)17(26-20(21)23)11-15-5-4-6-16(24-2)18(15)25-3/h4-11H,12H2,1-3H3.